The van der Waals surface area contributed by atoms with E-state index >= 15 is 0 Å². The third kappa shape index (κ3) is 5.21. The summed E-state index contributed by atoms with van der Waals surface area (Å²) >= 11 is 5.62. The molecule has 102 valence electrons. The molecule has 1 atom stereocenters. The van der Waals surface area contributed by atoms with E-state index in [1.807, 2.05) is 6.92 Å². The van der Waals surface area contributed by atoms with Gasteiger partial charge >= 0.3 is 0 Å². The van der Waals surface area contributed by atoms with Gasteiger partial charge in [-0.2, -0.15) is 0 Å². The van der Waals surface area contributed by atoms with Gasteiger partial charge in [0, 0.05) is 5.02 Å². The zero-order valence-electron chi connectivity index (χ0n) is 10.3. The van der Waals surface area contributed by atoms with Gasteiger partial charge in [0.25, 0.3) is 0 Å². The first kappa shape index (κ1) is 17.2. The van der Waals surface area contributed by atoms with Crippen molar-refractivity contribution < 1.29 is 9.18 Å². The summed E-state index contributed by atoms with van der Waals surface area (Å²) in [4.78, 5) is 11.7. The molecule has 1 amide bonds. The summed E-state index contributed by atoms with van der Waals surface area (Å²) in [5, 5.41) is 5.84. The van der Waals surface area contributed by atoms with Crippen molar-refractivity contribution in [3.8, 4) is 0 Å². The van der Waals surface area contributed by atoms with Crippen LogP contribution in [-0.2, 0) is 4.79 Å². The summed E-state index contributed by atoms with van der Waals surface area (Å²) in [6.07, 6.45) is 0.937. The summed E-state index contributed by atoms with van der Waals surface area (Å²) in [6, 6.07) is 3.79. The molecule has 0 radical (unpaired) electrons. The first-order chi connectivity index (χ1) is 8.04. The number of rotatable bonds is 5. The SMILES string of the molecule is CCCNC(C)C(=O)Nc1ccc(Cl)cc1F.Cl. The minimum absolute atomic E-state index is 0. The van der Waals surface area contributed by atoms with E-state index in [4.69, 9.17) is 11.6 Å². The molecule has 0 saturated carbocycles. The maximum absolute atomic E-state index is 13.4. The van der Waals surface area contributed by atoms with E-state index < -0.39 is 5.82 Å². The molecule has 1 aromatic carbocycles. The quantitative estimate of drug-likeness (QED) is 0.875. The number of carbonyl (C=O) groups is 1. The fraction of sp³-hybridized carbons (Fsp3) is 0.417. The van der Waals surface area contributed by atoms with Gasteiger partial charge in [-0.05, 0) is 38.1 Å². The fourth-order valence-corrected chi connectivity index (χ4v) is 1.44. The van der Waals surface area contributed by atoms with Gasteiger partial charge in [-0.15, -0.1) is 12.4 Å². The predicted molar refractivity (Wildman–Crippen MR) is 75.0 cm³/mol. The summed E-state index contributed by atoms with van der Waals surface area (Å²) in [5.41, 5.74) is 0.143. The molecule has 3 nitrogen and oxygen atoms in total. The van der Waals surface area contributed by atoms with E-state index in [1.165, 1.54) is 18.2 Å². The second-order valence-electron chi connectivity index (χ2n) is 3.79. The molecule has 18 heavy (non-hydrogen) atoms. The molecule has 0 aromatic heterocycles. The van der Waals surface area contributed by atoms with Crippen LogP contribution in [-0.4, -0.2) is 18.5 Å². The third-order valence-corrected chi connectivity index (χ3v) is 2.52. The van der Waals surface area contributed by atoms with Crippen LogP contribution in [0.5, 0.6) is 0 Å². The molecule has 0 fully saturated rings. The average Bonchev–Trinajstić information content (AvgIpc) is 2.29. The van der Waals surface area contributed by atoms with Crippen LogP contribution in [0.25, 0.3) is 0 Å². The highest BCUT2D eigenvalue weighted by atomic mass is 35.5. The number of halogens is 3. The normalized spacial score (nSPS) is 11.6. The Morgan fingerprint density at radius 3 is 2.72 bits per heavy atom. The van der Waals surface area contributed by atoms with E-state index in [0.717, 1.165) is 13.0 Å². The molecular formula is C12H17Cl2FN2O. The Hall–Kier alpha value is -0.840. The first-order valence-corrected chi connectivity index (χ1v) is 5.91. The van der Waals surface area contributed by atoms with Crippen molar-refractivity contribution in [1.29, 1.82) is 0 Å². The van der Waals surface area contributed by atoms with Gasteiger partial charge in [-0.3, -0.25) is 4.79 Å². The van der Waals surface area contributed by atoms with Crippen LogP contribution in [0, 0.1) is 5.82 Å². The summed E-state index contributed by atoms with van der Waals surface area (Å²) in [7, 11) is 0. The highest BCUT2D eigenvalue weighted by Gasteiger charge is 2.13. The van der Waals surface area contributed by atoms with Gasteiger partial charge in [0.05, 0.1) is 11.7 Å². The minimum atomic E-state index is -0.534. The monoisotopic (exact) mass is 294 g/mol. The highest BCUT2D eigenvalue weighted by molar-refractivity contribution is 6.30. The minimum Gasteiger partial charge on any atom is -0.322 e. The number of hydrogen-bond acceptors (Lipinski definition) is 2. The van der Waals surface area contributed by atoms with E-state index in [0.29, 0.717) is 5.02 Å². The van der Waals surface area contributed by atoms with Crippen molar-refractivity contribution in [1.82, 2.24) is 5.32 Å². The zero-order chi connectivity index (χ0) is 12.8. The molecule has 1 rings (SSSR count). The lowest BCUT2D eigenvalue weighted by atomic mass is 10.2. The van der Waals surface area contributed by atoms with Crippen LogP contribution in [0.1, 0.15) is 20.3 Å². The molecule has 1 aromatic rings. The lowest BCUT2D eigenvalue weighted by Crippen LogP contribution is -2.38. The number of carbonyl (C=O) groups excluding carboxylic acids is 1. The van der Waals surface area contributed by atoms with Crippen LogP contribution in [0.3, 0.4) is 0 Å². The summed E-state index contributed by atoms with van der Waals surface area (Å²) in [5.74, 6) is -0.798. The van der Waals surface area contributed by atoms with Crippen LogP contribution in [0.2, 0.25) is 5.02 Å². The maximum Gasteiger partial charge on any atom is 0.241 e. The molecule has 0 aliphatic carbocycles. The van der Waals surface area contributed by atoms with E-state index in [-0.39, 0.29) is 30.0 Å². The highest BCUT2D eigenvalue weighted by Crippen LogP contribution is 2.18. The van der Waals surface area contributed by atoms with Crippen molar-refractivity contribution in [2.24, 2.45) is 0 Å². The zero-order valence-corrected chi connectivity index (χ0v) is 11.9. The third-order valence-electron chi connectivity index (χ3n) is 2.28. The maximum atomic E-state index is 13.4. The number of benzene rings is 1. The van der Waals surface area contributed by atoms with Gasteiger partial charge < -0.3 is 10.6 Å². The number of anilines is 1. The molecule has 0 aliphatic rings. The lowest BCUT2D eigenvalue weighted by molar-refractivity contribution is -0.117. The van der Waals surface area contributed by atoms with Crippen LogP contribution in [0.15, 0.2) is 18.2 Å². The molecule has 0 saturated heterocycles. The van der Waals surface area contributed by atoms with Crippen LogP contribution >= 0.6 is 24.0 Å². The van der Waals surface area contributed by atoms with Gasteiger partial charge in [-0.25, -0.2) is 4.39 Å². The summed E-state index contributed by atoms with van der Waals surface area (Å²) in [6.45, 7) is 4.49. The fourth-order valence-electron chi connectivity index (χ4n) is 1.29. The standard InChI is InChI=1S/C12H16ClFN2O.ClH/c1-3-6-15-8(2)12(17)16-11-5-4-9(13)7-10(11)14;/h4-5,7-8,15H,3,6H2,1-2H3,(H,16,17);1H. The number of nitrogens with one attached hydrogen (secondary N) is 2. The van der Waals surface area contributed by atoms with Crippen molar-refractivity contribution in [2.45, 2.75) is 26.3 Å². The van der Waals surface area contributed by atoms with E-state index in [2.05, 4.69) is 10.6 Å². The van der Waals surface area contributed by atoms with Crippen molar-refractivity contribution in [2.75, 3.05) is 11.9 Å². The second kappa shape index (κ2) is 8.29. The molecule has 0 spiro atoms. The van der Waals surface area contributed by atoms with E-state index in [9.17, 15) is 9.18 Å². The molecule has 6 heteroatoms. The van der Waals surface area contributed by atoms with Gasteiger partial charge in [-0.1, -0.05) is 18.5 Å². The van der Waals surface area contributed by atoms with Gasteiger partial charge in [0.2, 0.25) is 5.91 Å². The topological polar surface area (TPSA) is 41.1 Å². The molecule has 0 heterocycles. The Bertz CT molecular complexity index is 402. The van der Waals surface area contributed by atoms with Crippen LogP contribution < -0.4 is 10.6 Å². The first-order valence-electron chi connectivity index (χ1n) is 5.54. The van der Waals surface area contributed by atoms with Crippen molar-refractivity contribution >= 4 is 35.6 Å². The van der Waals surface area contributed by atoms with Gasteiger partial charge in [0.15, 0.2) is 0 Å². The summed E-state index contributed by atoms with van der Waals surface area (Å²) < 4.78 is 13.4. The van der Waals surface area contributed by atoms with E-state index in [1.54, 1.807) is 6.92 Å². The Morgan fingerprint density at radius 2 is 2.17 bits per heavy atom. The Kier molecular flexibility index (Phi) is 7.91. The Labute approximate surface area is 118 Å². The molecule has 2 N–H and O–H groups in total. The van der Waals surface area contributed by atoms with Crippen LogP contribution in [0.4, 0.5) is 10.1 Å². The average molecular weight is 295 g/mol. The number of hydrogen-bond donors (Lipinski definition) is 2. The van der Waals surface area contributed by atoms with Crippen molar-refractivity contribution in [3.63, 3.8) is 0 Å². The predicted octanol–water partition coefficient (Wildman–Crippen LogP) is 3.23. The molecular weight excluding hydrogens is 278 g/mol. The lowest BCUT2D eigenvalue weighted by Gasteiger charge is -2.13. The second-order valence-corrected chi connectivity index (χ2v) is 4.23. The molecule has 0 bridgehead atoms. The largest absolute Gasteiger partial charge is 0.322 e. The smallest absolute Gasteiger partial charge is 0.241 e. The van der Waals surface area contributed by atoms with Gasteiger partial charge in [0.1, 0.15) is 5.82 Å². The Morgan fingerprint density at radius 1 is 1.50 bits per heavy atom. The Balaban J connectivity index is 0.00000289. The molecule has 0 aliphatic heterocycles. The van der Waals surface area contributed by atoms with Crippen molar-refractivity contribution in [3.05, 3.63) is 29.0 Å². The number of amides is 1. The molecule has 1 unspecified atom stereocenters.